The van der Waals surface area contributed by atoms with Crippen LogP contribution < -0.4 is 4.67 Å². The first-order chi connectivity index (χ1) is 12.3. The Morgan fingerprint density at radius 1 is 1.08 bits per heavy atom. The molecule has 0 saturated carbocycles. The summed E-state index contributed by atoms with van der Waals surface area (Å²) < 4.78 is 10.7. The number of nitrogens with zero attached hydrogens (tertiary/aromatic N) is 1. The van der Waals surface area contributed by atoms with Crippen LogP contribution in [0.5, 0.6) is 0 Å². The minimum absolute atomic E-state index is 0.0164. The van der Waals surface area contributed by atoms with Gasteiger partial charge in [-0.05, 0) is 37.6 Å². The number of benzene rings is 1. The molecule has 0 radical (unpaired) electrons. The van der Waals surface area contributed by atoms with Gasteiger partial charge in [0.25, 0.3) is 0 Å². The Morgan fingerprint density at radius 2 is 1.73 bits per heavy atom. The predicted octanol–water partition coefficient (Wildman–Crippen LogP) is 3.83. The lowest BCUT2D eigenvalue weighted by Gasteiger charge is -2.12. The summed E-state index contributed by atoms with van der Waals surface area (Å²) in [5, 5.41) is 0. The number of ketones is 1. The lowest BCUT2D eigenvalue weighted by Crippen LogP contribution is -2.22. The topological polar surface area (TPSA) is 82.0 Å². The molecule has 0 aliphatic rings. The minimum atomic E-state index is -0.712. The van der Waals surface area contributed by atoms with Crippen molar-refractivity contribution in [2.24, 2.45) is 4.99 Å². The van der Waals surface area contributed by atoms with Gasteiger partial charge in [0.05, 0.1) is 31.0 Å². The quantitative estimate of drug-likeness (QED) is 0.536. The number of rotatable bonds is 4. The molecule has 0 aliphatic carbocycles. The first-order valence-electron chi connectivity index (χ1n) is 7.45. The SMILES string of the molecule is COC(=O)c1sc(=Nc2cccc(Br)c2)c(C(C)=O)c(C)c1C(=O)OC. The lowest BCUT2D eigenvalue weighted by atomic mass is 10.0. The maximum Gasteiger partial charge on any atom is 0.349 e. The lowest BCUT2D eigenvalue weighted by molar-refractivity contribution is 0.0558. The standard InChI is InChI=1S/C18H16BrNO5S/c1-9-13(10(2)21)16(20-12-7-5-6-11(19)8-12)26-15(18(23)25-4)14(9)17(22)24-3/h5-8H,1-4H3. The van der Waals surface area contributed by atoms with Gasteiger partial charge in [-0.25, -0.2) is 14.6 Å². The zero-order valence-corrected chi connectivity index (χ0v) is 17.0. The molecule has 0 saturated heterocycles. The predicted molar refractivity (Wildman–Crippen MR) is 101 cm³/mol. The second-order valence-corrected chi connectivity index (χ2v) is 7.16. The molecule has 0 atom stereocenters. The molecule has 0 fully saturated rings. The zero-order chi connectivity index (χ0) is 19.4. The summed E-state index contributed by atoms with van der Waals surface area (Å²) in [6.07, 6.45) is 0. The molecule has 6 nitrogen and oxygen atoms in total. The second kappa shape index (κ2) is 8.37. The van der Waals surface area contributed by atoms with Crippen molar-refractivity contribution in [3.63, 3.8) is 0 Å². The Labute approximate surface area is 162 Å². The van der Waals surface area contributed by atoms with Crippen molar-refractivity contribution < 1.29 is 23.9 Å². The normalized spacial score (nSPS) is 11.2. The van der Waals surface area contributed by atoms with Crippen molar-refractivity contribution in [3.8, 4) is 0 Å². The highest BCUT2D eigenvalue weighted by molar-refractivity contribution is 9.10. The van der Waals surface area contributed by atoms with Crippen LogP contribution in [-0.4, -0.2) is 31.9 Å². The summed E-state index contributed by atoms with van der Waals surface area (Å²) >= 11 is 4.28. The Morgan fingerprint density at radius 3 is 2.27 bits per heavy atom. The summed E-state index contributed by atoms with van der Waals surface area (Å²) in [6.45, 7) is 2.97. The van der Waals surface area contributed by atoms with Gasteiger partial charge < -0.3 is 9.47 Å². The molecule has 0 unspecified atom stereocenters. The van der Waals surface area contributed by atoms with E-state index in [4.69, 9.17) is 9.47 Å². The van der Waals surface area contributed by atoms with E-state index in [1.165, 1.54) is 21.1 Å². The summed E-state index contributed by atoms with van der Waals surface area (Å²) in [4.78, 5) is 41.1. The largest absolute Gasteiger partial charge is 0.465 e. The van der Waals surface area contributed by atoms with Gasteiger partial charge in [-0.15, -0.1) is 11.3 Å². The van der Waals surface area contributed by atoms with Crippen LogP contribution in [-0.2, 0) is 9.47 Å². The highest BCUT2D eigenvalue weighted by Gasteiger charge is 2.26. The van der Waals surface area contributed by atoms with Crippen LogP contribution in [0.4, 0.5) is 5.69 Å². The molecule has 0 N–H and O–H groups in total. The van der Waals surface area contributed by atoms with Crippen molar-refractivity contribution in [2.75, 3.05) is 14.2 Å². The highest BCUT2D eigenvalue weighted by Crippen LogP contribution is 2.24. The van der Waals surface area contributed by atoms with Crippen LogP contribution in [0, 0.1) is 6.92 Å². The van der Waals surface area contributed by atoms with Gasteiger partial charge in [0.2, 0.25) is 0 Å². The molecule has 0 bridgehead atoms. The molecule has 136 valence electrons. The van der Waals surface area contributed by atoms with Gasteiger partial charge in [0, 0.05) is 4.47 Å². The summed E-state index contributed by atoms with van der Waals surface area (Å²) in [5.41, 5.74) is 1.21. The average Bonchev–Trinajstić information content (AvgIpc) is 2.59. The molecule has 0 spiro atoms. The number of hydrogen-bond donors (Lipinski definition) is 0. The number of ether oxygens (including phenoxy) is 2. The third kappa shape index (κ3) is 4.08. The number of hydrogen-bond acceptors (Lipinski definition) is 7. The van der Waals surface area contributed by atoms with E-state index < -0.39 is 11.9 Å². The number of halogens is 1. The molecule has 26 heavy (non-hydrogen) atoms. The van der Waals surface area contributed by atoms with E-state index >= 15 is 0 Å². The fourth-order valence-electron chi connectivity index (χ4n) is 2.39. The molecule has 1 aromatic carbocycles. The van der Waals surface area contributed by atoms with Gasteiger partial charge in [-0.1, -0.05) is 22.0 Å². The molecule has 2 aromatic rings. The molecule has 1 heterocycles. The van der Waals surface area contributed by atoms with Crippen LogP contribution >= 0.6 is 27.3 Å². The summed E-state index contributed by atoms with van der Waals surface area (Å²) in [7, 11) is 2.43. The van der Waals surface area contributed by atoms with Crippen molar-refractivity contribution in [3.05, 3.63) is 55.0 Å². The van der Waals surface area contributed by atoms with Gasteiger partial charge in [0.15, 0.2) is 5.78 Å². The Bertz CT molecular complexity index is 965. The van der Waals surface area contributed by atoms with Crippen molar-refractivity contribution >= 4 is 50.7 Å². The van der Waals surface area contributed by atoms with Crippen molar-refractivity contribution in [1.29, 1.82) is 0 Å². The van der Waals surface area contributed by atoms with E-state index in [-0.39, 0.29) is 21.8 Å². The summed E-state index contributed by atoms with van der Waals surface area (Å²) in [5.74, 6) is -1.68. The number of carbonyl (C=O) groups is 3. The Kier molecular flexibility index (Phi) is 6.44. The molecular weight excluding hydrogens is 422 g/mol. The van der Waals surface area contributed by atoms with Crippen LogP contribution in [0.15, 0.2) is 33.7 Å². The average molecular weight is 438 g/mol. The monoisotopic (exact) mass is 437 g/mol. The van der Waals surface area contributed by atoms with Crippen LogP contribution in [0.25, 0.3) is 0 Å². The van der Waals surface area contributed by atoms with Crippen LogP contribution in [0.2, 0.25) is 0 Å². The molecule has 0 amide bonds. The van der Waals surface area contributed by atoms with E-state index in [1.54, 1.807) is 25.1 Å². The van der Waals surface area contributed by atoms with Gasteiger partial charge in [-0.2, -0.15) is 0 Å². The third-order valence-electron chi connectivity index (χ3n) is 3.54. The fraction of sp³-hybridized carbons (Fsp3) is 0.222. The molecule has 1 aromatic heterocycles. The molecule has 2 rings (SSSR count). The van der Waals surface area contributed by atoms with E-state index in [0.29, 0.717) is 15.9 Å². The van der Waals surface area contributed by atoms with Crippen LogP contribution in [0.1, 0.15) is 42.9 Å². The van der Waals surface area contributed by atoms with E-state index in [1.807, 2.05) is 6.07 Å². The van der Waals surface area contributed by atoms with Gasteiger partial charge in [-0.3, -0.25) is 4.79 Å². The number of methoxy groups -OCH3 is 2. The second-order valence-electron chi connectivity index (χ2n) is 5.24. The molecule has 8 heteroatoms. The first kappa shape index (κ1) is 20.0. The first-order valence-corrected chi connectivity index (χ1v) is 9.06. The van der Waals surface area contributed by atoms with E-state index in [9.17, 15) is 14.4 Å². The Hall–Kier alpha value is -2.32. The maximum absolute atomic E-state index is 12.2. The summed E-state index contributed by atoms with van der Waals surface area (Å²) in [6, 6.07) is 7.19. The van der Waals surface area contributed by atoms with Gasteiger partial charge >= 0.3 is 11.9 Å². The van der Waals surface area contributed by atoms with Crippen molar-refractivity contribution in [1.82, 2.24) is 0 Å². The third-order valence-corrected chi connectivity index (χ3v) is 5.10. The maximum atomic E-state index is 12.2. The molecule has 0 aliphatic heterocycles. The van der Waals surface area contributed by atoms with Gasteiger partial charge in [0.1, 0.15) is 9.55 Å². The number of esters is 2. The van der Waals surface area contributed by atoms with Crippen molar-refractivity contribution in [2.45, 2.75) is 13.8 Å². The fourth-order valence-corrected chi connectivity index (χ4v) is 4.03. The zero-order valence-electron chi connectivity index (χ0n) is 14.6. The smallest absolute Gasteiger partial charge is 0.349 e. The van der Waals surface area contributed by atoms with Crippen LogP contribution in [0.3, 0.4) is 0 Å². The Balaban J connectivity index is 2.92. The minimum Gasteiger partial charge on any atom is -0.465 e. The number of carbonyl (C=O) groups excluding carboxylic acids is 3. The van der Waals surface area contributed by atoms with E-state index in [2.05, 4.69) is 20.9 Å². The number of Topliss-reactive ketones (excluding diaryl/α,β-unsaturated/α-hetero) is 1. The molecular formula is C18H16BrNO5S. The highest BCUT2D eigenvalue weighted by atomic mass is 79.9. The van der Waals surface area contributed by atoms with E-state index in [0.717, 1.165) is 15.8 Å².